The van der Waals surface area contributed by atoms with Gasteiger partial charge in [0, 0.05) is 5.97 Å². The van der Waals surface area contributed by atoms with Gasteiger partial charge in [0.05, 0.1) is 12.2 Å². The summed E-state index contributed by atoms with van der Waals surface area (Å²) in [7, 11) is 0. The van der Waals surface area contributed by atoms with Crippen LogP contribution in [0.5, 0.6) is 0 Å². The third kappa shape index (κ3) is 10.5. The maximum Gasteiger partial charge on any atom is 0.0876 e. The molecule has 0 spiro atoms. The minimum atomic E-state index is -0.923. The van der Waals surface area contributed by atoms with Gasteiger partial charge in [-0.25, -0.2) is 0 Å². The predicted octanol–water partition coefficient (Wildman–Crippen LogP) is 3.76. The van der Waals surface area contributed by atoms with Crippen LogP contribution >= 0.6 is 0 Å². The molecular formula is C18H31O3-. The summed E-state index contributed by atoms with van der Waals surface area (Å²) < 4.78 is 5.65. The van der Waals surface area contributed by atoms with Crippen molar-refractivity contribution >= 4 is 5.97 Å². The maximum atomic E-state index is 10.2. The molecule has 0 radical (unpaired) electrons. The van der Waals surface area contributed by atoms with Crippen LogP contribution in [0, 0.1) is 0 Å². The fourth-order valence-electron chi connectivity index (χ4n) is 2.65. The molecule has 1 fully saturated rings. The molecule has 0 amide bonds. The topological polar surface area (TPSA) is 52.7 Å². The Morgan fingerprint density at radius 3 is 2.52 bits per heavy atom. The second-order valence-electron chi connectivity index (χ2n) is 6.09. The van der Waals surface area contributed by atoms with Crippen molar-refractivity contribution in [3.63, 3.8) is 0 Å². The lowest BCUT2D eigenvalue weighted by atomic mass is 10.1. The van der Waals surface area contributed by atoms with Crippen LogP contribution in [-0.2, 0) is 9.53 Å². The van der Waals surface area contributed by atoms with Crippen molar-refractivity contribution in [1.82, 2.24) is 0 Å². The fourth-order valence-corrected chi connectivity index (χ4v) is 2.65. The third-order valence-electron chi connectivity index (χ3n) is 4.07. The Morgan fingerprint density at radius 1 is 1.00 bits per heavy atom. The molecule has 122 valence electrons. The number of carboxylic acids is 1. The molecule has 0 aromatic rings. The summed E-state index contributed by atoms with van der Waals surface area (Å²) >= 11 is 0. The molecule has 3 heteroatoms. The Labute approximate surface area is 129 Å². The van der Waals surface area contributed by atoms with Crippen molar-refractivity contribution in [3.05, 3.63) is 12.2 Å². The SMILES string of the molecule is CCCCC[C@@H]1O[C@@H]1C/C=C\CCCCCCCC(=O)[O-]. The molecule has 1 aliphatic heterocycles. The fraction of sp³-hybridized carbons (Fsp3) is 0.833. The minimum absolute atomic E-state index is 0.209. The summed E-state index contributed by atoms with van der Waals surface area (Å²) in [4.78, 5) is 10.2. The van der Waals surface area contributed by atoms with Crippen molar-refractivity contribution in [2.24, 2.45) is 0 Å². The second-order valence-corrected chi connectivity index (χ2v) is 6.09. The highest BCUT2D eigenvalue weighted by molar-refractivity contribution is 5.63. The molecule has 0 N–H and O–H groups in total. The van der Waals surface area contributed by atoms with Crippen LogP contribution in [0.3, 0.4) is 0 Å². The van der Waals surface area contributed by atoms with Crippen LogP contribution in [0.1, 0.15) is 84.0 Å². The standard InChI is InChI=1S/C18H32O3/c1-2-3-10-13-16-17(21-16)14-11-8-6-4-5-7-9-12-15-18(19)20/h8,11,16-17H,2-7,9-10,12-15H2,1H3,(H,19,20)/p-1/b11-8-/t16-,17+/m0/s1. The van der Waals surface area contributed by atoms with E-state index < -0.39 is 5.97 Å². The Bertz CT molecular complexity index is 299. The molecule has 0 aromatic heterocycles. The van der Waals surface area contributed by atoms with E-state index in [1.54, 1.807) is 0 Å². The van der Waals surface area contributed by atoms with Gasteiger partial charge in [0.1, 0.15) is 0 Å². The van der Waals surface area contributed by atoms with E-state index in [9.17, 15) is 9.90 Å². The second kappa shape index (κ2) is 11.8. The quantitative estimate of drug-likeness (QED) is 0.278. The number of aliphatic carboxylic acids is 1. The van der Waals surface area contributed by atoms with Gasteiger partial charge in [0.25, 0.3) is 0 Å². The van der Waals surface area contributed by atoms with E-state index in [2.05, 4.69) is 19.1 Å². The van der Waals surface area contributed by atoms with Crippen molar-refractivity contribution in [1.29, 1.82) is 0 Å². The lowest BCUT2D eigenvalue weighted by molar-refractivity contribution is -0.305. The van der Waals surface area contributed by atoms with Crippen molar-refractivity contribution in [2.75, 3.05) is 0 Å². The first-order chi connectivity index (χ1) is 10.2. The molecule has 0 aliphatic carbocycles. The molecule has 0 bridgehead atoms. The Hall–Kier alpha value is -0.830. The number of carbonyl (C=O) groups is 1. The molecule has 0 aromatic carbocycles. The number of carboxylic acid groups (broad SMARTS) is 1. The van der Waals surface area contributed by atoms with Crippen molar-refractivity contribution in [2.45, 2.75) is 96.2 Å². The first-order valence-electron chi connectivity index (χ1n) is 8.74. The average molecular weight is 295 g/mol. The monoisotopic (exact) mass is 295 g/mol. The summed E-state index contributed by atoms with van der Waals surface area (Å²) in [5.74, 6) is -0.923. The first kappa shape index (κ1) is 18.2. The zero-order valence-electron chi connectivity index (χ0n) is 13.5. The highest BCUT2D eigenvalue weighted by Gasteiger charge is 2.36. The Balaban J connectivity index is 1.81. The van der Waals surface area contributed by atoms with Gasteiger partial charge in [-0.2, -0.15) is 0 Å². The number of allylic oxidation sites excluding steroid dienone is 1. The van der Waals surface area contributed by atoms with Crippen molar-refractivity contribution < 1.29 is 14.6 Å². The number of ether oxygens (including phenoxy) is 1. The zero-order valence-corrected chi connectivity index (χ0v) is 13.5. The molecule has 0 saturated carbocycles. The Kier molecular flexibility index (Phi) is 10.2. The molecule has 21 heavy (non-hydrogen) atoms. The van der Waals surface area contributed by atoms with Crippen molar-refractivity contribution in [3.8, 4) is 0 Å². The number of epoxide rings is 1. The molecule has 1 saturated heterocycles. The van der Waals surface area contributed by atoms with Gasteiger partial charge in [-0.05, 0) is 38.5 Å². The predicted molar refractivity (Wildman–Crippen MR) is 83.9 cm³/mol. The van der Waals surface area contributed by atoms with Gasteiger partial charge < -0.3 is 14.6 Å². The van der Waals surface area contributed by atoms with Crippen LogP contribution in [0.15, 0.2) is 12.2 Å². The Morgan fingerprint density at radius 2 is 1.76 bits per heavy atom. The number of rotatable bonds is 14. The summed E-state index contributed by atoms with van der Waals surface area (Å²) in [5.41, 5.74) is 0. The summed E-state index contributed by atoms with van der Waals surface area (Å²) in [6.07, 6.45) is 18.4. The summed E-state index contributed by atoms with van der Waals surface area (Å²) in [5, 5.41) is 10.2. The van der Waals surface area contributed by atoms with Gasteiger partial charge in [0.2, 0.25) is 0 Å². The van der Waals surface area contributed by atoms with Gasteiger partial charge in [-0.1, -0.05) is 57.6 Å². The van der Waals surface area contributed by atoms with E-state index in [1.807, 2.05) is 0 Å². The van der Waals surface area contributed by atoms with Crippen LogP contribution in [0.4, 0.5) is 0 Å². The summed E-state index contributed by atoms with van der Waals surface area (Å²) in [6, 6.07) is 0. The number of unbranched alkanes of at least 4 members (excludes halogenated alkanes) is 7. The zero-order chi connectivity index (χ0) is 15.3. The normalized spacial score (nSPS) is 21.0. The number of carbonyl (C=O) groups excluding carboxylic acids is 1. The minimum Gasteiger partial charge on any atom is -0.550 e. The molecular weight excluding hydrogens is 264 g/mol. The summed E-state index contributed by atoms with van der Waals surface area (Å²) in [6.45, 7) is 2.23. The van der Waals surface area contributed by atoms with Gasteiger partial charge in [-0.15, -0.1) is 0 Å². The van der Waals surface area contributed by atoms with E-state index in [4.69, 9.17) is 4.74 Å². The highest BCUT2D eigenvalue weighted by Crippen LogP contribution is 2.30. The molecule has 1 heterocycles. The molecule has 1 rings (SSSR count). The van der Waals surface area contributed by atoms with E-state index >= 15 is 0 Å². The molecule has 2 atom stereocenters. The molecule has 3 nitrogen and oxygen atoms in total. The number of hydrogen-bond donors (Lipinski definition) is 0. The van der Waals surface area contributed by atoms with Gasteiger partial charge >= 0.3 is 0 Å². The molecule has 1 aliphatic rings. The van der Waals surface area contributed by atoms with Gasteiger partial charge in [0.15, 0.2) is 0 Å². The van der Waals surface area contributed by atoms with Gasteiger partial charge in [-0.3, -0.25) is 0 Å². The van der Waals surface area contributed by atoms with Crippen LogP contribution in [0.25, 0.3) is 0 Å². The smallest absolute Gasteiger partial charge is 0.0876 e. The first-order valence-corrected chi connectivity index (χ1v) is 8.74. The third-order valence-corrected chi connectivity index (χ3v) is 4.07. The maximum absolute atomic E-state index is 10.2. The lowest BCUT2D eigenvalue weighted by Gasteiger charge is -2.01. The lowest BCUT2D eigenvalue weighted by Crippen LogP contribution is -2.21. The van der Waals surface area contributed by atoms with E-state index in [-0.39, 0.29) is 6.42 Å². The average Bonchev–Trinajstić information content (AvgIpc) is 3.19. The van der Waals surface area contributed by atoms with Crippen LogP contribution in [0.2, 0.25) is 0 Å². The van der Waals surface area contributed by atoms with E-state index in [0.29, 0.717) is 12.2 Å². The molecule has 0 unspecified atom stereocenters. The largest absolute Gasteiger partial charge is 0.550 e. The highest BCUT2D eigenvalue weighted by atomic mass is 16.6. The van der Waals surface area contributed by atoms with Crippen LogP contribution < -0.4 is 5.11 Å². The van der Waals surface area contributed by atoms with Crippen LogP contribution in [-0.4, -0.2) is 18.2 Å². The van der Waals surface area contributed by atoms with E-state index in [0.717, 1.165) is 32.1 Å². The number of hydrogen-bond acceptors (Lipinski definition) is 3. The van der Waals surface area contributed by atoms with E-state index in [1.165, 1.54) is 38.5 Å².